The number of aliphatic hydroxyl groups is 1. The van der Waals surface area contributed by atoms with Crippen LogP contribution in [0.4, 0.5) is 4.79 Å². The van der Waals surface area contributed by atoms with Crippen molar-refractivity contribution in [3.8, 4) is 22.6 Å². The molecule has 3 aromatic rings. The summed E-state index contributed by atoms with van der Waals surface area (Å²) < 4.78 is 42.8. The lowest BCUT2D eigenvalue weighted by molar-refractivity contribution is -0.116. The number of ether oxygens (including phenoxy) is 3. The zero-order valence-corrected chi connectivity index (χ0v) is 26.1. The fourth-order valence-corrected chi connectivity index (χ4v) is 4.96. The number of primary amides is 1. The van der Waals surface area contributed by atoms with Crippen LogP contribution in [-0.4, -0.2) is 50.1 Å². The van der Waals surface area contributed by atoms with Crippen molar-refractivity contribution in [2.45, 2.75) is 58.8 Å². The minimum Gasteiger partial charge on any atom is -0.490 e. The Kier molecular flexibility index (Phi) is 10.5. The van der Waals surface area contributed by atoms with Crippen molar-refractivity contribution in [3.63, 3.8) is 0 Å². The van der Waals surface area contributed by atoms with Crippen molar-refractivity contribution in [1.29, 1.82) is 0 Å². The van der Waals surface area contributed by atoms with Gasteiger partial charge in [-0.1, -0.05) is 69.3 Å². The number of aliphatic hydroxyl groups excluding tert-OH is 1. The smallest absolute Gasteiger partial charge is 0.405 e. The Hall–Kier alpha value is -4.09. The molecule has 0 heterocycles. The summed E-state index contributed by atoms with van der Waals surface area (Å²) in [5.74, 6) is -0.0571. The van der Waals surface area contributed by atoms with Crippen LogP contribution in [0.15, 0.2) is 72.8 Å². The number of benzene rings is 3. The molecule has 1 unspecified atom stereocenters. The molecule has 0 saturated heterocycles. The van der Waals surface area contributed by atoms with Crippen LogP contribution in [0.25, 0.3) is 11.1 Å². The Labute approximate surface area is 253 Å². The van der Waals surface area contributed by atoms with Gasteiger partial charge in [-0.25, -0.2) is 17.9 Å². The summed E-state index contributed by atoms with van der Waals surface area (Å²) in [6.07, 6.45) is -1.21. The molecular weight excluding hydrogens is 572 g/mol. The third-order valence-corrected chi connectivity index (χ3v) is 7.45. The van der Waals surface area contributed by atoms with Crippen LogP contribution in [0.2, 0.25) is 0 Å². The molecule has 0 radical (unpaired) electrons. The molecule has 10 nitrogen and oxygen atoms in total. The second-order valence-electron chi connectivity index (χ2n) is 11.7. The number of amides is 2. The molecule has 0 aromatic heterocycles. The van der Waals surface area contributed by atoms with E-state index in [-0.39, 0.29) is 30.4 Å². The van der Waals surface area contributed by atoms with E-state index in [4.69, 9.17) is 19.9 Å². The largest absolute Gasteiger partial charge is 0.490 e. The first-order chi connectivity index (χ1) is 20.0. The number of hydrogen-bond donors (Lipinski definition) is 3. The molecule has 0 aliphatic heterocycles. The minimum absolute atomic E-state index is 0.0550. The molecule has 2 amide bonds. The van der Waals surface area contributed by atoms with Gasteiger partial charge in [-0.2, -0.15) is 0 Å². The molecule has 0 fully saturated rings. The lowest BCUT2D eigenvalue weighted by Gasteiger charge is -2.44. The fraction of sp³-hybridized carbons (Fsp3) is 0.375. The van der Waals surface area contributed by atoms with Crippen molar-refractivity contribution in [3.05, 3.63) is 83.9 Å². The zero-order chi connectivity index (χ0) is 32.0. The number of sulfonamides is 1. The summed E-state index contributed by atoms with van der Waals surface area (Å²) in [6, 6.07) is 21.1. The Morgan fingerprint density at radius 3 is 2.09 bits per heavy atom. The highest BCUT2D eigenvalue weighted by molar-refractivity contribution is 7.89. The Bertz CT molecular complexity index is 1520. The second kappa shape index (κ2) is 13.5. The van der Waals surface area contributed by atoms with Gasteiger partial charge in [-0.05, 0) is 54.8 Å². The van der Waals surface area contributed by atoms with Crippen LogP contribution in [0.1, 0.15) is 63.1 Å². The summed E-state index contributed by atoms with van der Waals surface area (Å²) in [5.41, 5.74) is 5.84. The molecule has 43 heavy (non-hydrogen) atoms. The van der Waals surface area contributed by atoms with E-state index < -0.39 is 39.1 Å². The average molecular weight is 613 g/mol. The van der Waals surface area contributed by atoms with Crippen LogP contribution in [0.3, 0.4) is 0 Å². The quantitative estimate of drug-likeness (QED) is 0.252. The summed E-state index contributed by atoms with van der Waals surface area (Å²) in [4.78, 5) is 24.6. The normalized spacial score (nSPS) is 14.0. The molecule has 0 spiro atoms. The van der Waals surface area contributed by atoms with Gasteiger partial charge in [-0.15, -0.1) is 0 Å². The van der Waals surface area contributed by atoms with E-state index in [2.05, 4.69) is 0 Å². The van der Waals surface area contributed by atoms with E-state index in [0.717, 1.165) is 17.4 Å². The Morgan fingerprint density at radius 1 is 0.953 bits per heavy atom. The van der Waals surface area contributed by atoms with Gasteiger partial charge in [0.05, 0.1) is 24.0 Å². The molecule has 2 atom stereocenters. The second-order valence-corrected chi connectivity index (χ2v) is 13.4. The zero-order valence-electron chi connectivity index (χ0n) is 25.3. The van der Waals surface area contributed by atoms with Crippen molar-refractivity contribution in [2.75, 3.05) is 12.9 Å². The highest BCUT2D eigenvalue weighted by atomic mass is 32.2. The Morgan fingerprint density at radius 2 is 1.56 bits per heavy atom. The maximum Gasteiger partial charge on any atom is 0.405 e. The van der Waals surface area contributed by atoms with E-state index in [9.17, 15) is 23.1 Å². The first kappa shape index (κ1) is 33.4. The van der Waals surface area contributed by atoms with Crippen LogP contribution < -0.4 is 19.9 Å². The van der Waals surface area contributed by atoms with Gasteiger partial charge in [0.25, 0.3) is 5.91 Å². The average Bonchev–Trinajstić information content (AvgIpc) is 2.90. The summed E-state index contributed by atoms with van der Waals surface area (Å²) in [5, 5.41) is 11.0. The maximum atomic E-state index is 12.6. The summed E-state index contributed by atoms with van der Waals surface area (Å²) in [6.45, 7) is 9.19. The molecule has 0 aliphatic rings. The van der Waals surface area contributed by atoms with Crippen LogP contribution in [-0.2, 0) is 14.8 Å². The van der Waals surface area contributed by atoms with E-state index >= 15 is 0 Å². The molecular formula is C32H40N2O8S. The van der Waals surface area contributed by atoms with E-state index in [1.807, 2.05) is 55.8 Å². The van der Waals surface area contributed by atoms with Crippen molar-refractivity contribution >= 4 is 22.0 Å². The maximum absolute atomic E-state index is 12.6. The van der Waals surface area contributed by atoms with E-state index in [1.165, 1.54) is 6.07 Å². The van der Waals surface area contributed by atoms with Gasteiger partial charge in [0, 0.05) is 11.8 Å². The van der Waals surface area contributed by atoms with Crippen LogP contribution in [0, 0.1) is 5.41 Å². The predicted molar refractivity (Wildman–Crippen MR) is 164 cm³/mol. The third kappa shape index (κ3) is 9.20. The summed E-state index contributed by atoms with van der Waals surface area (Å²) >= 11 is 0. The molecule has 11 heteroatoms. The van der Waals surface area contributed by atoms with Gasteiger partial charge in [-0.3, -0.25) is 4.79 Å². The van der Waals surface area contributed by atoms with Crippen molar-refractivity contribution in [2.24, 2.45) is 11.1 Å². The van der Waals surface area contributed by atoms with Gasteiger partial charge in [0.1, 0.15) is 18.1 Å². The highest BCUT2D eigenvalue weighted by Crippen LogP contribution is 2.41. The van der Waals surface area contributed by atoms with Crippen LogP contribution in [0.5, 0.6) is 11.5 Å². The molecule has 0 bridgehead atoms. The fourth-order valence-electron chi connectivity index (χ4n) is 4.51. The molecule has 4 N–H and O–H groups in total. The van der Waals surface area contributed by atoms with Gasteiger partial charge in [0.2, 0.25) is 10.0 Å². The van der Waals surface area contributed by atoms with Crippen molar-refractivity contribution < 1.29 is 37.3 Å². The molecule has 0 aliphatic carbocycles. The monoisotopic (exact) mass is 612 g/mol. The number of carbonyl (C=O) groups is 2. The number of hydrogen-bond acceptors (Lipinski definition) is 8. The molecule has 232 valence electrons. The van der Waals surface area contributed by atoms with E-state index in [1.54, 1.807) is 50.2 Å². The minimum atomic E-state index is -3.75. The SMILES string of the molecule is CC(C)Oc1cc(-c2ccc(OCC(C[C@@H](O)c3ccccc3)(OC(N)=O)C(C)(C)C)cc2)ccc1C(=O)NS(C)(=O)=O. The number of rotatable bonds is 12. The topological polar surface area (TPSA) is 154 Å². The van der Waals surface area contributed by atoms with Gasteiger partial charge < -0.3 is 25.1 Å². The number of carbonyl (C=O) groups excluding carboxylic acids is 2. The molecule has 3 rings (SSSR count). The number of nitrogens with two attached hydrogens (primary N) is 1. The van der Waals surface area contributed by atoms with Gasteiger partial charge in [0.15, 0.2) is 5.60 Å². The lowest BCUT2D eigenvalue weighted by Crippen LogP contribution is -2.53. The third-order valence-electron chi connectivity index (χ3n) is 6.90. The highest BCUT2D eigenvalue weighted by Gasteiger charge is 2.48. The molecule has 0 saturated carbocycles. The van der Waals surface area contributed by atoms with Crippen molar-refractivity contribution in [1.82, 2.24) is 4.72 Å². The first-order valence-electron chi connectivity index (χ1n) is 13.8. The lowest BCUT2D eigenvalue weighted by atomic mass is 9.72. The van der Waals surface area contributed by atoms with E-state index in [0.29, 0.717) is 11.3 Å². The number of nitrogens with one attached hydrogen (secondary N) is 1. The molecule has 3 aromatic carbocycles. The first-order valence-corrected chi connectivity index (χ1v) is 15.7. The van der Waals surface area contributed by atoms with Gasteiger partial charge >= 0.3 is 6.09 Å². The predicted octanol–water partition coefficient (Wildman–Crippen LogP) is 5.21. The van der Waals surface area contributed by atoms with Crippen LogP contribution >= 0.6 is 0 Å². The Balaban J connectivity index is 1.86. The standard InChI is InChI=1S/C32H40N2O8S/c1-21(2)41-28-18-24(14-17-26(28)29(36)34-43(6,38)39)22-12-15-25(16-13-22)40-20-32(31(3,4)5,42-30(33)37)19-27(35)23-10-8-7-9-11-23/h7-18,21,27,35H,19-20H2,1-6H3,(H2,33,37)(H,34,36)/t27-,32?/m1/s1. The summed E-state index contributed by atoms with van der Waals surface area (Å²) in [7, 11) is -3.75.